The number of nitrogens with one attached hydrogen (secondary N) is 1. The van der Waals surface area contributed by atoms with E-state index in [9.17, 15) is 19.6 Å². The monoisotopic (exact) mass is 518 g/mol. The Hall–Kier alpha value is -4.04. The molecule has 2 aromatic heterocycles. The summed E-state index contributed by atoms with van der Waals surface area (Å²) < 4.78 is 11.4. The van der Waals surface area contributed by atoms with Crippen LogP contribution in [-0.2, 0) is 22.5 Å². The lowest BCUT2D eigenvalue weighted by molar-refractivity contribution is -0.131. The van der Waals surface area contributed by atoms with Crippen LogP contribution < -0.4 is 15.0 Å². The van der Waals surface area contributed by atoms with Crippen LogP contribution in [0, 0.1) is 17.2 Å². The minimum absolute atomic E-state index is 0.0173. The van der Waals surface area contributed by atoms with E-state index in [-0.39, 0.29) is 41.1 Å². The van der Waals surface area contributed by atoms with Gasteiger partial charge < -0.3 is 14.4 Å². The van der Waals surface area contributed by atoms with Crippen molar-refractivity contribution >= 4 is 29.9 Å². The number of methoxy groups -OCH3 is 1. The molecule has 198 valence electrons. The number of likely N-dealkylation sites (tertiary alicyclic amines) is 1. The fourth-order valence-corrected chi connectivity index (χ4v) is 5.11. The van der Waals surface area contributed by atoms with Crippen LogP contribution in [-0.4, -0.2) is 65.5 Å². The first-order valence-electron chi connectivity index (χ1n) is 12.9. The molecule has 0 aromatic carbocycles. The van der Waals surface area contributed by atoms with Gasteiger partial charge in [0.05, 0.1) is 12.3 Å². The molecule has 1 saturated heterocycles. The van der Waals surface area contributed by atoms with Crippen LogP contribution in [0.4, 0.5) is 16.4 Å². The van der Waals surface area contributed by atoms with E-state index in [2.05, 4.69) is 21.4 Å². The van der Waals surface area contributed by atoms with E-state index in [0.717, 1.165) is 31.2 Å². The third-order valence-corrected chi connectivity index (χ3v) is 7.51. The number of aromatic nitrogens is 2. The zero-order valence-electron chi connectivity index (χ0n) is 21.5. The van der Waals surface area contributed by atoms with Crippen LogP contribution >= 0.6 is 0 Å². The van der Waals surface area contributed by atoms with Crippen LogP contribution in [0.5, 0.6) is 5.75 Å². The third kappa shape index (κ3) is 4.91. The Balaban J connectivity index is 1.35. The Kier molecular flexibility index (Phi) is 7.24. The molecule has 2 fully saturated rings. The van der Waals surface area contributed by atoms with E-state index in [1.54, 1.807) is 12.0 Å². The summed E-state index contributed by atoms with van der Waals surface area (Å²) in [7, 11) is 1.62. The number of carbonyl (C=O) groups excluding carboxylic acids is 3. The summed E-state index contributed by atoms with van der Waals surface area (Å²) in [5, 5.41) is 12.2. The zero-order chi connectivity index (χ0) is 26.8. The van der Waals surface area contributed by atoms with Gasteiger partial charge in [-0.2, -0.15) is 5.26 Å². The van der Waals surface area contributed by atoms with Crippen molar-refractivity contribution in [2.75, 3.05) is 30.4 Å². The van der Waals surface area contributed by atoms with Gasteiger partial charge in [-0.1, -0.05) is 6.92 Å². The standard InChI is InChI=1S/C27H30N6O5/c1-16-7-9-32(26(16)35)14-18-10-17-4-3-8-33(25(17)30-20(18)15-34)27(36)31-24-11-23(19(12-28)13-29-24)38-22-6-5-21(22)37-2/h10-11,13,15-16,21-22H,3-9,14H2,1-2H3,(H,29,31,36)/t16?,21-,22-/m0/s1. The molecule has 2 aliphatic heterocycles. The Labute approximate surface area is 220 Å². The molecular weight excluding hydrogens is 488 g/mol. The maximum absolute atomic E-state index is 13.3. The second-order valence-corrected chi connectivity index (χ2v) is 9.95. The number of hydrogen-bond donors (Lipinski definition) is 1. The number of nitrogens with zero attached hydrogens (tertiary/aromatic N) is 5. The number of ether oxygens (including phenoxy) is 2. The summed E-state index contributed by atoms with van der Waals surface area (Å²) in [6, 6.07) is 5.04. The van der Waals surface area contributed by atoms with Crippen molar-refractivity contribution < 1.29 is 23.9 Å². The number of amides is 3. The highest BCUT2D eigenvalue weighted by Crippen LogP contribution is 2.32. The van der Waals surface area contributed by atoms with Crippen molar-refractivity contribution in [2.45, 2.75) is 57.8 Å². The summed E-state index contributed by atoms with van der Waals surface area (Å²) in [6.45, 7) is 3.31. The van der Waals surface area contributed by atoms with Gasteiger partial charge in [0.15, 0.2) is 6.29 Å². The normalized spacial score (nSPS) is 22.3. The molecule has 3 atom stereocenters. The molecule has 0 bridgehead atoms. The van der Waals surface area contributed by atoms with Crippen LogP contribution in [0.15, 0.2) is 18.3 Å². The van der Waals surface area contributed by atoms with Gasteiger partial charge in [0.2, 0.25) is 5.91 Å². The molecular formula is C27H30N6O5. The van der Waals surface area contributed by atoms with Gasteiger partial charge >= 0.3 is 6.03 Å². The number of aryl methyl sites for hydroxylation is 1. The molecule has 4 heterocycles. The lowest BCUT2D eigenvalue weighted by Crippen LogP contribution is -2.42. The van der Waals surface area contributed by atoms with Crippen molar-refractivity contribution in [3.63, 3.8) is 0 Å². The Bertz CT molecular complexity index is 1310. The summed E-state index contributed by atoms with van der Waals surface area (Å²) in [4.78, 5) is 49.6. The highest BCUT2D eigenvalue weighted by molar-refractivity contribution is 6.01. The first-order valence-corrected chi connectivity index (χ1v) is 12.9. The van der Waals surface area contributed by atoms with E-state index in [0.29, 0.717) is 49.5 Å². The van der Waals surface area contributed by atoms with Crippen molar-refractivity contribution in [3.05, 3.63) is 40.7 Å². The number of fused-ring (bicyclic) bond motifs is 1. The smallest absolute Gasteiger partial charge is 0.328 e. The van der Waals surface area contributed by atoms with Gasteiger partial charge in [-0.15, -0.1) is 0 Å². The third-order valence-electron chi connectivity index (χ3n) is 7.51. The SMILES string of the molecule is CO[C@H]1CC[C@@H]1Oc1cc(NC(=O)N2CCCc3cc(CN4CCC(C)C4=O)c(C=O)nc32)ncc1C#N. The quantitative estimate of drug-likeness (QED) is 0.552. The number of carbonyl (C=O) groups is 3. The molecule has 11 heteroatoms. The van der Waals surface area contributed by atoms with E-state index in [1.165, 1.54) is 17.2 Å². The Morgan fingerprint density at radius 3 is 2.74 bits per heavy atom. The molecule has 1 unspecified atom stereocenters. The second kappa shape index (κ2) is 10.8. The van der Waals surface area contributed by atoms with Crippen LogP contribution in [0.1, 0.15) is 59.8 Å². The topological polar surface area (TPSA) is 138 Å². The van der Waals surface area contributed by atoms with Gasteiger partial charge in [-0.05, 0) is 43.7 Å². The van der Waals surface area contributed by atoms with E-state index in [4.69, 9.17) is 9.47 Å². The summed E-state index contributed by atoms with van der Waals surface area (Å²) in [5.41, 5.74) is 2.02. The van der Waals surface area contributed by atoms with E-state index >= 15 is 0 Å². The van der Waals surface area contributed by atoms with Crippen molar-refractivity contribution in [3.8, 4) is 11.8 Å². The summed E-state index contributed by atoms with van der Waals surface area (Å²) in [6.07, 6.45) is 5.76. The Morgan fingerprint density at radius 2 is 2.08 bits per heavy atom. The van der Waals surface area contributed by atoms with Crippen molar-refractivity contribution in [2.24, 2.45) is 5.92 Å². The zero-order valence-corrected chi connectivity index (χ0v) is 21.5. The van der Waals surface area contributed by atoms with Gasteiger partial charge in [-0.25, -0.2) is 14.8 Å². The van der Waals surface area contributed by atoms with E-state index in [1.807, 2.05) is 13.0 Å². The van der Waals surface area contributed by atoms with Crippen molar-refractivity contribution in [1.82, 2.24) is 14.9 Å². The largest absolute Gasteiger partial charge is 0.486 e. The number of urea groups is 1. The fourth-order valence-electron chi connectivity index (χ4n) is 5.11. The highest BCUT2D eigenvalue weighted by atomic mass is 16.5. The average Bonchev–Trinajstić information content (AvgIpc) is 3.22. The van der Waals surface area contributed by atoms with Crippen LogP contribution in [0.2, 0.25) is 0 Å². The first-order chi connectivity index (χ1) is 18.4. The lowest BCUT2D eigenvalue weighted by Gasteiger charge is -2.35. The second-order valence-electron chi connectivity index (χ2n) is 9.95. The predicted molar refractivity (Wildman–Crippen MR) is 137 cm³/mol. The molecule has 1 aliphatic carbocycles. The molecule has 3 aliphatic rings. The number of hydrogen-bond acceptors (Lipinski definition) is 8. The lowest BCUT2D eigenvalue weighted by atomic mass is 9.92. The highest BCUT2D eigenvalue weighted by Gasteiger charge is 2.34. The van der Waals surface area contributed by atoms with Gasteiger partial charge in [0, 0.05) is 44.3 Å². The van der Waals surface area contributed by atoms with Gasteiger partial charge in [-0.3, -0.25) is 19.8 Å². The minimum Gasteiger partial charge on any atom is -0.486 e. The molecule has 0 spiro atoms. The molecule has 1 N–H and O–H groups in total. The number of pyridine rings is 2. The maximum Gasteiger partial charge on any atom is 0.328 e. The number of anilines is 2. The van der Waals surface area contributed by atoms with Gasteiger partial charge in [0.1, 0.15) is 40.8 Å². The van der Waals surface area contributed by atoms with Crippen LogP contribution in [0.3, 0.4) is 0 Å². The summed E-state index contributed by atoms with van der Waals surface area (Å²) in [5.74, 6) is 1.05. The molecule has 11 nitrogen and oxygen atoms in total. The Morgan fingerprint density at radius 1 is 1.26 bits per heavy atom. The van der Waals surface area contributed by atoms with Crippen LogP contribution in [0.25, 0.3) is 0 Å². The molecule has 0 radical (unpaired) electrons. The molecule has 3 amide bonds. The molecule has 2 aromatic rings. The minimum atomic E-state index is -0.451. The molecule has 5 rings (SSSR count). The maximum atomic E-state index is 13.3. The fraction of sp³-hybridized carbons (Fsp3) is 0.481. The number of nitriles is 1. The van der Waals surface area contributed by atoms with E-state index < -0.39 is 6.03 Å². The molecule has 1 saturated carbocycles. The predicted octanol–water partition coefficient (Wildman–Crippen LogP) is 3.07. The van der Waals surface area contributed by atoms with Crippen molar-refractivity contribution in [1.29, 1.82) is 5.26 Å². The molecule has 38 heavy (non-hydrogen) atoms. The summed E-state index contributed by atoms with van der Waals surface area (Å²) >= 11 is 0. The number of rotatable bonds is 7. The first kappa shape index (κ1) is 25.6. The number of aldehydes is 1. The van der Waals surface area contributed by atoms with Gasteiger partial charge in [0.25, 0.3) is 0 Å². The average molecular weight is 519 g/mol.